The summed E-state index contributed by atoms with van der Waals surface area (Å²) in [6.45, 7) is 6.56. The molecule has 2 N–H and O–H groups in total. The first-order chi connectivity index (χ1) is 9.95. The molecule has 21 heavy (non-hydrogen) atoms. The number of anilines is 2. The van der Waals surface area contributed by atoms with Crippen LogP contribution in [0, 0.1) is 0 Å². The number of hydrogen-bond acceptors (Lipinski definition) is 5. The number of fused-ring (bicyclic) bond motifs is 1. The van der Waals surface area contributed by atoms with Crippen molar-refractivity contribution in [2.24, 2.45) is 5.73 Å². The lowest BCUT2D eigenvalue weighted by Crippen LogP contribution is -2.49. The number of carbonyl (C=O) groups is 1. The molecular formula is C16H25N3O2. The molecule has 5 heteroatoms. The van der Waals surface area contributed by atoms with Gasteiger partial charge < -0.3 is 20.3 Å². The molecular weight excluding hydrogens is 266 g/mol. The van der Waals surface area contributed by atoms with Gasteiger partial charge in [-0.1, -0.05) is 12.1 Å². The maximum absolute atomic E-state index is 11.9. The van der Waals surface area contributed by atoms with Gasteiger partial charge in [-0.15, -0.1) is 0 Å². The molecule has 0 radical (unpaired) electrons. The molecule has 1 aliphatic rings. The number of benzene rings is 1. The SMILES string of the molecule is CCOC(=O)C(C)(N)CCN1CCN(C)c2ccccc21. The summed E-state index contributed by atoms with van der Waals surface area (Å²) >= 11 is 0. The van der Waals surface area contributed by atoms with Gasteiger partial charge in [0.05, 0.1) is 18.0 Å². The second-order valence-electron chi connectivity index (χ2n) is 5.79. The summed E-state index contributed by atoms with van der Waals surface area (Å²) < 4.78 is 5.04. The van der Waals surface area contributed by atoms with Crippen molar-refractivity contribution in [2.45, 2.75) is 25.8 Å². The van der Waals surface area contributed by atoms with Gasteiger partial charge >= 0.3 is 5.97 Å². The fourth-order valence-corrected chi connectivity index (χ4v) is 2.56. The molecule has 0 saturated heterocycles. The number of likely N-dealkylation sites (N-methyl/N-ethyl adjacent to an activating group) is 1. The molecule has 0 saturated carbocycles. The smallest absolute Gasteiger partial charge is 0.325 e. The quantitative estimate of drug-likeness (QED) is 0.835. The van der Waals surface area contributed by atoms with Crippen LogP contribution in [0.2, 0.25) is 0 Å². The summed E-state index contributed by atoms with van der Waals surface area (Å²) in [5.41, 5.74) is 7.58. The molecule has 0 aliphatic carbocycles. The van der Waals surface area contributed by atoms with Gasteiger partial charge in [-0.2, -0.15) is 0 Å². The topological polar surface area (TPSA) is 58.8 Å². The second kappa shape index (κ2) is 6.35. The van der Waals surface area contributed by atoms with Gasteiger partial charge in [-0.3, -0.25) is 4.79 Å². The summed E-state index contributed by atoms with van der Waals surface area (Å²) in [6.07, 6.45) is 0.573. The highest BCUT2D eigenvalue weighted by atomic mass is 16.5. The first-order valence-corrected chi connectivity index (χ1v) is 7.47. The van der Waals surface area contributed by atoms with E-state index in [1.165, 1.54) is 11.4 Å². The average molecular weight is 291 g/mol. The number of nitrogens with two attached hydrogens (primary N) is 1. The Kier molecular flexibility index (Phi) is 4.73. The van der Waals surface area contributed by atoms with E-state index < -0.39 is 5.54 Å². The Labute approximate surface area is 126 Å². The molecule has 0 bridgehead atoms. The minimum atomic E-state index is -0.936. The maximum atomic E-state index is 11.9. The number of nitrogens with zero attached hydrogens (tertiary/aromatic N) is 2. The second-order valence-corrected chi connectivity index (χ2v) is 5.79. The molecule has 1 aliphatic heterocycles. The lowest BCUT2D eigenvalue weighted by molar-refractivity contribution is -0.149. The van der Waals surface area contributed by atoms with E-state index in [1.54, 1.807) is 13.8 Å². The molecule has 1 aromatic rings. The van der Waals surface area contributed by atoms with Crippen molar-refractivity contribution in [3.8, 4) is 0 Å². The van der Waals surface area contributed by atoms with Crippen LogP contribution in [-0.2, 0) is 9.53 Å². The van der Waals surface area contributed by atoms with Gasteiger partial charge in [0, 0.05) is 26.7 Å². The molecule has 0 fully saturated rings. The number of esters is 1. The minimum Gasteiger partial charge on any atom is -0.465 e. The summed E-state index contributed by atoms with van der Waals surface area (Å²) in [7, 11) is 2.10. The first-order valence-electron chi connectivity index (χ1n) is 7.47. The van der Waals surface area contributed by atoms with Crippen molar-refractivity contribution < 1.29 is 9.53 Å². The highest BCUT2D eigenvalue weighted by Gasteiger charge is 2.31. The van der Waals surface area contributed by atoms with Gasteiger partial charge in [-0.25, -0.2) is 0 Å². The monoisotopic (exact) mass is 291 g/mol. The molecule has 1 aromatic carbocycles. The Morgan fingerprint density at radius 3 is 2.67 bits per heavy atom. The largest absolute Gasteiger partial charge is 0.465 e. The zero-order valence-electron chi connectivity index (χ0n) is 13.1. The summed E-state index contributed by atoms with van der Waals surface area (Å²) in [6, 6.07) is 8.32. The van der Waals surface area contributed by atoms with Crippen LogP contribution in [0.25, 0.3) is 0 Å². The first kappa shape index (κ1) is 15.6. The Balaban J connectivity index is 2.05. The Morgan fingerprint density at radius 2 is 2.00 bits per heavy atom. The molecule has 1 unspecified atom stereocenters. The molecule has 0 spiro atoms. The van der Waals surface area contributed by atoms with Crippen molar-refractivity contribution in [3.05, 3.63) is 24.3 Å². The predicted molar refractivity (Wildman–Crippen MR) is 85.8 cm³/mol. The molecule has 2 rings (SSSR count). The minimum absolute atomic E-state index is 0.326. The van der Waals surface area contributed by atoms with Crippen LogP contribution in [0.5, 0.6) is 0 Å². The number of carbonyl (C=O) groups excluding carboxylic acids is 1. The molecule has 0 amide bonds. The Bertz CT molecular complexity index is 502. The molecule has 116 valence electrons. The van der Waals surface area contributed by atoms with E-state index in [1.807, 2.05) is 12.1 Å². The van der Waals surface area contributed by atoms with E-state index >= 15 is 0 Å². The lowest BCUT2D eigenvalue weighted by Gasteiger charge is -2.38. The van der Waals surface area contributed by atoms with Crippen molar-refractivity contribution in [3.63, 3.8) is 0 Å². The van der Waals surface area contributed by atoms with Crippen LogP contribution in [0.15, 0.2) is 24.3 Å². The Hall–Kier alpha value is -1.75. The Morgan fingerprint density at radius 1 is 1.33 bits per heavy atom. The third-order valence-electron chi connectivity index (χ3n) is 3.98. The molecule has 1 atom stereocenters. The van der Waals surface area contributed by atoms with E-state index in [9.17, 15) is 4.79 Å². The van der Waals surface area contributed by atoms with E-state index in [4.69, 9.17) is 10.5 Å². The van der Waals surface area contributed by atoms with Crippen molar-refractivity contribution >= 4 is 17.3 Å². The maximum Gasteiger partial charge on any atom is 0.325 e. The number of hydrogen-bond donors (Lipinski definition) is 1. The number of para-hydroxylation sites is 2. The molecule has 0 aromatic heterocycles. The van der Waals surface area contributed by atoms with Crippen LogP contribution in [0.3, 0.4) is 0 Å². The van der Waals surface area contributed by atoms with Crippen LogP contribution in [0.4, 0.5) is 11.4 Å². The van der Waals surface area contributed by atoms with Crippen LogP contribution in [0.1, 0.15) is 20.3 Å². The normalized spacial score (nSPS) is 17.1. The van der Waals surface area contributed by atoms with Crippen LogP contribution >= 0.6 is 0 Å². The summed E-state index contributed by atoms with van der Waals surface area (Å²) in [5, 5.41) is 0. The standard InChI is InChI=1S/C16H25N3O2/c1-4-21-15(20)16(2,17)9-10-19-12-11-18(3)13-7-5-6-8-14(13)19/h5-8H,4,9-12,17H2,1-3H3. The summed E-state index contributed by atoms with van der Waals surface area (Å²) in [5.74, 6) is -0.326. The van der Waals surface area contributed by atoms with Crippen LogP contribution in [-0.4, -0.2) is 44.8 Å². The third-order valence-corrected chi connectivity index (χ3v) is 3.98. The van der Waals surface area contributed by atoms with Crippen molar-refractivity contribution in [2.75, 3.05) is 43.1 Å². The van der Waals surface area contributed by atoms with Gasteiger partial charge in [0.25, 0.3) is 0 Å². The fourth-order valence-electron chi connectivity index (χ4n) is 2.56. The molecule has 5 nitrogen and oxygen atoms in total. The van der Waals surface area contributed by atoms with Gasteiger partial charge in [0.1, 0.15) is 5.54 Å². The highest BCUT2D eigenvalue weighted by Crippen LogP contribution is 2.32. The van der Waals surface area contributed by atoms with Crippen molar-refractivity contribution in [1.29, 1.82) is 0 Å². The van der Waals surface area contributed by atoms with E-state index in [-0.39, 0.29) is 5.97 Å². The van der Waals surface area contributed by atoms with Crippen LogP contribution < -0.4 is 15.5 Å². The van der Waals surface area contributed by atoms with E-state index in [0.717, 1.165) is 19.6 Å². The van der Waals surface area contributed by atoms with Gasteiger partial charge in [0.15, 0.2) is 0 Å². The third kappa shape index (κ3) is 3.47. The fraction of sp³-hybridized carbons (Fsp3) is 0.562. The number of ether oxygens (including phenoxy) is 1. The average Bonchev–Trinajstić information content (AvgIpc) is 2.47. The van der Waals surface area contributed by atoms with Gasteiger partial charge in [0.2, 0.25) is 0 Å². The van der Waals surface area contributed by atoms with Gasteiger partial charge in [-0.05, 0) is 32.4 Å². The highest BCUT2D eigenvalue weighted by molar-refractivity contribution is 5.80. The van der Waals surface area contributed by atoms with Crippen molar-refractivity contribution in [1.82, 2.24) is 0 Å². The zero-order chi connectivity index (χ0) is 15.5. The predicted octanol–water partition coefficient (Wildman–Crippen LogP) is 1.61. The zero-order valence-corrected chi connectivity index (χ0v) is 13.1. The summed E-state index contributed by atoms with van der Waals surface area (Å²) in [4.78, 5) is 16.4. The molecule has 1 heterocycles. The lowest BCUT2D eigenvalue weighted by atomic mass is 9.98. The van der Waals surface area contributed by atoms with E-state index in [2.05, 4.69) is 29.0 Å². The number of rotatable bonds is 5. The van der Waals surface area contributed by atoms with E-state index in [0.29, 0.717) is 13.0 Å².